The van der Waals surface area contributed by atoms with E-state index < -0.39 is 48.2 Å². The van der Waals surface area contributed by atoms with Crippen LogP contribution in [0, 0.1) is 0 Å². The molecule has 0 rings (SSSR count). The lowest BCUT2D eigenvalue weighted by atomic mass is 10.3. The number of hydrogen-bond donors (Lipinski definition) is 0. The van der Waals surface area contributed by atoms with Crippen LogP contribution in [-0.4, -0.2) is 154 Å². The van der Waals surface area contributed by atoms with E-state index in [0.29, 0.717) is 0 Å². The third-order valence-corrected chi connectivity index (χ3v) is 5.12. The van der Waals surface area contributed by atoms with Crippen molar-refractivity contribution in [2.24, 2.45) is 0 Å². The Morgan fingerprint density at radius 3 is 0.783 bits per heavy atom. The summed E-state index contributed by atoms with van der Waals surface area (Å²) in [6, 6.07) is 0. The van der Waals surface area contributed by atoms with E-state index in [9.17, 15) is 24.0 Å². The van der Waals surface area contributed by atoms with Gasteiger partial charge in [0.05, 0.1) is 72.7 Å². The van der Waals surface area contributed by atoms with Gasteiger partial charge in [-0.2, -0.15) is 0 Å². The van der Waals surface area contributed by atoms with Gasteiger partial charge in [-0.15, -0.1) is 0 Å². The van der Waals surface area contributed by atoms with E-state index in [-0.39, 0.29) is 106 Å². The fourth-order valence-electron chi connectivity index (χ4n) is 3.21. The van der Waals surface area contributed by atoms with Gasteiger partial charge in [-0.25, -0.2) is 0 Å². The van der Waals surface area contributed by atoms with Gasteiger partial charge in [-0.3, -0.25) is 24.0 Å². The van der Waals surface area contributed by atoms with Gasteiger partial charge >= 0.3 is 29.8 Å². The Kier molecular flexibility index (Phi) is 27.6. The number of esters is 5. The monoisotopic (exact) mass is 670 g/mol. The van der Waals surface area contributed by atoms with Crippen LogP contribution in [0.5, 0.6) is 0 Å². The third kappa shape index (κ3) is 31.1. The summed E-state index contributed by atoms with van der Waals surface area (Å²) in [4.78, 5) is 55.0. The predicted molar refractivity (Wildman–Crippen MR) is 156 cm³/mol. The predicted octanol–water partition coefficient (Wildman–Crippen LogP) is 0.0239. The molecular formula is C29H50O17. The molecule has 2 unspecified atom stereocenters. The molecule has 0 spiro atoms. The van der Waals surface area contributed by atoms with E-state index in [1.54, 1.807) is 0 Å². The van der Waals surface area contributed by atoms with Crippen molar-refractivity contribution < 1.29 is 80.8 Å². The maximum absolute atomic E-state index is 11.1. The standard InChI is InChI=1S/C29H50O17/c1-22(30)39-8-6-35-16-27(44-13-10-41-24(3)32)18-37-20-29(46-15-12-43-26(5)34)21-38-19-28(45-14-11-42-25(4)33)17-36-7-9-40-23(2)31/h27-29H,6-21H2,1-5H3. The summed E-state index contributed by atoms with van der Waals surface area (Å²) in [5.41, 5.74) is 0. The Bertz CT molecular complexity index is 781. The lowest BCUT2D eigenvalue weighted by Crippen LogP contribution is -2.34. The molecular weight excluding hydrogens is 620 g/mol. The Morgan fingerprint density at radius 2 is 0.543 bits per heavy atom. The number of hydrogen-bond acceptors (Lipinski definition) is 17. The lowest BCUT2D eigenvalue weighted by Gasteiger charge is -2.23. The quantitative estimate of drug-likeness (QED) is 0.0563. The molecule has 2 atom stereocenters. The van der Waals surface area contributed by atoms with Crippen LogP contribution in [0.1, 0.15) is 34.6 Å². The van der Waals surface area contributed by atoms with Crippen LogP contribution in [-0.2, 0) is 80.8 Å². The molecule has 0 saturated carbocycles. The van der Waals surface area contributed by atoms with Gasteiger partial charge < -0.3 is 56.8 Å². The number of rotatable bonds is 30. The van der Waals surface area contributed by atoms with E-state index in [4.69, 9.17) is 56.8 Å². The van der Waals surface area contributed by atoms with Gasteiger partial charge in [0.2, 0.25) is 0 Å². The van der Waals surface area contributed by atoms with Gasteiger partial charge in [0, 0.05) is 34.6 Å². The van der Waals surface area contributed by atoms with Crippen molar-refractivity contribution >= 4 is 29.8 Å². The van der Waals surface area contributed by atoms with Gasteiger partial charge in [0.25, 0.3) is 0 Å². The van der Waals surface area contributed by atoms with Gasteiger partial charge in [-0.1, -0.05) is 0 Å². The molecule has 0 fully saturated rings. The van der Waals surface area contributed by atoms with Crippen LogP contribution in [0.3, 0.4) is 0 Å². The van der Waals surface area contributed by atoms with Crippen molar-refractivity contribution in [3.8, 4) is 0 Å². The fourth-order valence-corrected chi connectivity index (χ4v) is 3.21. The Morgan fingerprint density at radius 1 is 0.326 bits per heavy atom. The SMILES string of the molecule is CC(=O)OCCOCC(COCC(COCC(COCCOC(C)=O)OCCOC(C)=O)OCCOC(C)=O)OCCOC(C)=O. The zero-order valence-corrected chi connectivity index (χ0v) is 27.5. The summed E-state index contributed by atoms with van der Waals surface area (Å²) < 4.78 is 64.3. The molecule has 0 aromatic heterocycles. The maximum Gasteiger partial charge on any atom is 0.302 e. The molecule has 0 amide bonds. The summed E-state index contributed by atoms with van der Waals surface area (Å²) in [5.74, 6) is -2.16. The first-order valence-corrected chi connectivity index (χ1v) is 14.8. The largest absolute Gasteiger partial charge is 0.463 e. The highest BCUT2D eigenvalue weighted by Gasteiger charge is 2.17. The summed E-state index contributed by atoms with van der Waals surface area (Å²) in [7, 11) is 0. The van der Waals surface area contributed by atoms with E-state index in [0.717, 1.165) is 0 Å². The normalized spacial score (nSPS) is 12.9. The zero-order valence-electron chi connectivity index (χ0n) is 27.5. The molecule has 0 radical (unpaired) electrons. The zero-order chi connectivity index (χ0) is 34.4. The average Bonchev–Trinajstić information content (AvgIpc) is 2.97. The molecule has 0 aliphatic carbocycles. The van der Waals surface area contributed by atoms with E-state index in [2.05, 4.69) is 0 Å². The van der Waals surface area contributed by atoms with Crippen LogP contribution >= 0.6 is 0 Å². The van der Waals surface area contributed by atoms with Crippen LogP contribution in [0.15, 0.2) is 0 Å². The molecule has 0 N–H and O–H groups in total. The molecule has 0 saturated heterocycles. The molecule has 46 heavy (non-hydrogen) atoms. The number of carbonyl (C=O) groups is 5. The summed E-state index contributed by atoms with van der Waals surface area (Å²) in [6.45, 7) is 7.85. The van der Waals surface area contributed by atoms with E-state index in [1.165, 1.54) is 34.6 Å². The average molecular weight is 671 g/mol. The lowest BCUT2D eigenvalue weighted by molar-refractivity contribution is -0.149. The van der Waals surface area contributed by atoms with Crippen LogP contribution in [0.25, 0.3) is 0 Å². The van der Waals surface area contributed by atoms with Crippen LogP contribution < -0.4 is 0 Å². The van der Waals surface area contributed by atoms with Gasteiger partial charge in [-0.05, 0) is 0 Å². The first kappa shape index (κ1) is 43.1. The number of ether oxygens (including phenoxy) is 12. The second-order valence-corrected chi connectivity index (χ2v) is 9.40. The van der Waals surface area contributed by atoms with Crippen LogP contribution in [0.2, 0.25) is 0 Å². The van der Waals surface area contributed by atoms with Crippen molar-refractivity contribution in [2.75, 3.05) is 106 Å². The molecule has 0 aliphatic heterocycles. The highest BCUT2D eigenvalue weighted by molar-refractivity contribution is 5.66. The highest BCUT2D eigenvalue weighted by atomic mass is 16.6. The van der Waals surface area contributed by atoms with Crippen molar-refractivity contribution in [2.45, 2.75) is 52.9 Å². The second-order valence-electron chi connectivity index (χ2n) is 9.40. The summed E-state index contributed by atoms with van der Waals surface area (Å²) >= 11 is 0. The molecule has 0 aliphatic rings. The molecule has 268 valence electrons. The first-order chi connectivity index (χ1) is 22.0. The molecule has 0 bridgehead atoms. The minimum Gasteiger partial charge on any atom is -0.463 e. The topological polar surface area (TPSA) is 196 Å². The maximum atomic E-state index is 11.1. The molecule has 0 aromatic carbocycles. The Balaban J connectivity index is 5.00. The summed E-state index contributed by atoms with van der Waals surface area (Å²) in [5, 5.41) is 0. The van der Waals surface area contributed by atoms with Crippen molar-refractivity contribution in [1.29, 1.82) is 0 Å². The number of carbonyl (C=O) groups excluding carboxylic acids is 5. The molecule has 0 aromatic rings. The van der Waals surface area contributed by atoms with Gasteiger partial charge in [0.1, 0.15) is 51.3 Å². The second kappa shape index (κ2) is 29.5. The van der Waals surface area contributed by atoms with Crippen molar-refractivity contribution in [1.82, 2.24) is 0 Å². The smallest absolute Gasteiger partial charge is 0.302 e. The molecule has 17 nitrogen and oxygen atoms in total. The van der Waals surface area contributed by atoms with Crippen molar-refractivity contribution in [3.05, 3.63) is 0 Å². The summed E-state index contributed by atoms with van der Waals surface area (Å²) in [6.07, 6.45) is -1.68. The van der Waals surface area contributed by atoms with Crippen LogP contribution in [0.4, 0.5) is 0 Å². The van der Waals surface area contributed by atoms with E-state index >= 15 is 0 Å². The van der Waals surface area contributed by atoms with E-state index in [1.807, 2.05) is 0 Å². The minimum absolute atomic E-state index is 0.0297. The third-order valence-electron chi connectivity index (χ3n) is 5.12. The Labute approximate surface area is 269 Å². The first-order valence-electron chi connectivity index (χ1n) is 14.8. The fraction of sp³-hybridized carbons (Fsp3) is 0.828. The molecule has 17 heteroatoms. The van der Waals surface area contributed by atoms with Gasteiger partial charge in [0.15, 0.2) is 0 Å². The Hall–Kier alpha value is -2.93. The highest BCUT2D eigenvalue weighted by Crippen LogP contribution is 2.03. The molecule has 0 heterocycles. The van der Waals surface area contributed by atoms with Crippen molar-refractivity contribution in [3.63, 3.8) is 0 Å². The minimum atomic E-state index is -0.589.